The van der Waals surface area contributed by atoms with Crippen molar-refractivity contribution >= 4 is 15.9 Å². The number of ketones is 1. The standard InChI is InChI=1S/C11H12N3O.C9H12O3S/c1-9(15)10-2-4-11(5-3-10)13-6-7-14(12)8-13;1-7-3-8(2)5-9(4-7)6-13(10,11)12/h2-8H,12H2,1H3;3-5H,6H2,1-2H3,(H,10,11,12)/q+1;/p-1. The highest BCUT2D eigenvalue weighted by Gasteiger charge is 2.05. The summed E-state index contributed by atoms with van der Waals surface area (Å²) in [5, 5.41) is 0. The molecular formula is C20H23N3O4S. The maximum atomic E-state index is 11.1. The molecule has 0 radical (unpaired) electrons. The second-order valence-corrected chi connectivity index (χ2v) is 7.97. The van der Waals surface area contributed by atoms with Crippen LogP contribution in [-0.4, -0.2) is 23.4 Å². The average molecular weight is 401 g/mol. The van der Waals surface area contributed by atoms with Crippen LogP contribution in [0.5, 0.6) is 0 Å². The quantitative estimate of drug-likeness (QED) is 0.311. The summed E-state index contributed by atoms with van der Waals surface area (Å²) in [6, 6.07) is 12.7. The van der Waals surface area contributed by atoms with Crippen molar-refractivity contribution in [1.82, 2.24) is 4.68 Å². The maximum Gasteiger partial charge on any atom is 0.272 e. The summed E-state index contributed by atoms with van der Waals surface area (Å²) in [4.78, 5) is 11.1. The number of imidazole rings is 1. The molecule has 0 amide bonds. The number of nitrogens with zero attached hydrogens (tertiary/aromatic N) is 2. The van der Waals surface area contributed by atoms with Crippen molar-refractivity contribution in [1.29, 1.82) is 0 Å². The molecule has 3 rings (SSSR count). The molecule has 0 aliphatic heterocycles. The van der Waals surface area contributed by atoms with Gasteiger partial charge in [-0.05, 0) is 50.6 Å². The van der Waals surface area contributed by atoms with Crippen LogP contribution in [0.25, 0.3) is 5.69 Å². The number of aromatic nitrogens is 2. The van der Waals surface area contributed by atoms with Crippen molar-refractivity contribution in [2.45, 2.75) is 26.5 Å². The number of rotatable bonds is 4. The second kappa shape index (κ2) is 8.81. The Bertz CT molecular complexity index is 1050. The van der Waals surface area contributed by atoms with Gasteiger partial charge in [0.2, 0.25) is 0 Å². The van der Waals surface area contributed by atoms with Crippen LogP contribution >= 0.6 is 0 Å². The molecule has 148 valence electrons. The van der Waals surface area contributed by atoms with Gasteiger partial charge in [-0.15, -0.1) is 4.68 Å². The SMILES string of the molecule is CC(=O)c1ccc(-[n+]2ccn(N)c2)cc1.Cc1cc(C)cc(CS(=O)(=O)[O-])c1. The van der Waals surface area contributed by atoms with Gasteiger partial charge in [-0.25, -0.2) is 13.0 Å². The molecule has 3 aromatic rings. The van der Waals surface area contributed by atoms with Crippen LogP contribution in [0.15, 0.2) is 61.2 Å². The van der Waals surface area contributed by atoms with Crippen molar-refractivity contribution in [2.75, 3.05) is 5.84 Å². The van der Waals surface area contributed by atoms with Gasteiger partial charge in [-0.3, -0.25) is 10.6 Å². The molecule has 1 aromatic heterocycles. The minimum atomic E-state index is -4.16. The molecule has 0 bridgehead atoms. The Labute approximate surface area is 164 Å². The van der Waals surface area contributed by atoms with Gasteiger partial charge in [0, 0.05) is 5.56 Å². The van der Waals surface area contributed by atoms with Gasteiger partial charge < -0.3 is 4.55 Å². The lowest BCUT2D eigenvalue weighted by Crippen LogP contribution is -2.28. The Hall–Kier alpha value is -2.97. The smallest absolute Gasteiger partial charge is 0.272 e. The van der Waals surface area contributed by atoms with Crippen LogP contribution in [0.3, 0.4) is 0 Å². The van der Waals surface area contributed by atoms with E-state index in [1.165, 1.54) is 4.68 Å². The topological polar surface area (TPSA) is 109 Å². The predicted octanol–water partition coefficient (Wildman–Crippen LogP) is 2.03. The molecule has 2 aromatic carbocycles. The third kappa shape index (κ3) is 6.64. The molecule has 8 heteroatoms. The summed E-state index contributed by atoms with van der Waals surface area (Å²) in [6.45, 7) is 5.29. The lowest BCUT2D eigenvalue weighted by Gasteiger charge is -2.08. The Morgan fingerprint density at radius 2 is 1.68 bits per heavy atom. The van der Waals surface area contributed by atoms with E-state index in [2.05, 4.69) is 0 Å². The van der Waals surface area contributed by atoms with Crippen LogP contribution < -0.4 is 10.4 Å². The fourth-order valence-electron chi connectivity index (χ4n) is 2.75. The molecule has 28 heavy (non-hydrogen) atoms. The predicted molar refractivity (Wildman–Crippen MR) is 105 cm³/mol. The number of carbonyl (C=O) groups is 1. The molecule has 0 unspecified atom stereocenters. The molecule has 0 atom stereocenters. The largest absolute Gasteiger partial charge is 0.748 e. The van der Waals surface area contributed by atoms with E-state index in [0.29, 0.717) is 11.1 Å². The van der Waals surface area contributed by atoms with Gasteiger partial charge >= 0.3 is 0 Å². The summed E-state index contributed by atoms with van der Waals surface area (Å²) in [5.41, 5.74) is 4.19. The first-order valence-corrected chi connectivity index (χ1v) is 10.1. The molecular weight excluding hydrogens is 378 g/mol. The third-order valence-electron chi connectivity index (χ3n) is 3.85. The van der Waals surface area contributed by atoms with E-state index in [1.54, 1.807) is 43.7 Å². The summed E-state index contributed by atoms with van der Waals surface area (Å²) in [7, 11) is -4.16. The number of hydrogen-bond acceptors (Lipinski definition) is 5. The summed E-state index contributed by atoms with van der Waals surface area (Å²) in [6.07, 6.45) is 5.35. The van der Waals surface area contributed by atoms with E-state index in [-0.39, 0.29) is 5.78 Å². The van der Waals surface area contributed by atoms with Crippen LogP contribution in [0.2, 0.25) is 0 Å². The van der Waals surface area contributed by atoms with Crippen LogP contribution in [0.1, 0.15) is 34.0 Å². The van der Waals surface area contributed by atoms with Gasteiger partial charge in [-0.1, -0.05) is 29.3 Å². The van der Waals surface area contributed by atoms with E-state index in [4.69, 9.17) is 5.84 Å². The zero-order valence-corrected chi connectivity index (χ0v) is 16.8. The third-order valence-corrected chi connectivity index (χ3v) is 4.54. The molecule has 0 aliphatic rings. The van der Waals surface area contributed by atoms with Crippen LogP contribution in [0.4, 0.5) is 0 Å². The first kappa shape index (κ1) is 21.3. The second-order valence-electron chi connectivity index (χ2n) is 6.57. The van der Waals surface area contributed by atoms with E-state index in [9.17, 15) is 17.8 Å². The average Bonchev–Trinajstić information content (AvgIpc) is 2.99. The van der Waals surface area contributed by atoms with E-state index in [0.717, 1.165) is 16.8 Å². The zero-order chi connectivity index (χ0) is 20.9. The van der Waals surface area contributed by atoms with Crippen molar-refractivity contribution in [3.63, 3.8) is 0 Å². The number of carbonyl (C=O) groups excluding carboxylic acids is 1. The van der Waals surface area contributed by atoms with Gasteiger partial charge in [0.15, 0.2) is 12.0 Å². The lowest BCUT2D eigenvalue weighted by molar-refractivity contribution is -0.595. The first-order chi connectivity index (χ1) is 13.0. The number of hydrogen-bond donors (Lipinski definition) is 1. The van der Waals surface area contributed by atoms with Crippen molar-refractivity contribution in [2.24, 2.45) is 0 Å². The molecule has 0 aliphatic carbocycles. The van der Waals surface area contributed by atoms with Crippen LogP contribution in [-0.2, 0) is 15.9 Å². The fraction of sp³-hybridized carbons (Fsp3) is 0.200. The first-order valence-electron chi connectivity index (χ1n) is 8.50. The molecule has 2 N–H and O–H groups in total. The molecule has 0 saturated heterocycles. The highest BCUT2D eigenvalue weighted by atomic mass is 32.2. The lowest BCUT2D eigenvalue weighted by atomic mass is 10.1. The normalized spacial score (nSPS) is 10.9. The van der Waals surface area contributed by atoms with E-state index in [1.807, 2.05) is 42.8 Å². The number of benzene rings is 2. The van der Waals surface area contributed by atoms with Crippen molar-refractivity contribution in [3.05, 3.63) is 83.4 Å². The van der Waals surface area contributed by atoms with E-state index >= 15 is 0 Å². The monoisotopic (exact) mass is 401 g/mol. The summed E-state index contributed by atoms with van der Waals surface area (Å²) >= 11 is 0. The van der Waals surface area contributed by atoms with Gasteiger partial charge in [0.05, 0.1) is 15.9 Å². The number of aryl methyl sites for hydroxylation is 2. The number of nitrogens with two attached hydrogens (primary N) is 1. The van der Waals surface area contributed by atoms with Crippen LogP contribution in [0, 0.1) is 13.8 Å². The Morgan fingerprint density at radius 1 is 1.11 bits per heavy atom. The van der Waals surface area contributed by atoms with E-state index < -0.39 is 15.9 Å². The van der Waals surface area contributed by atoms with Crippen molar-refractivity contribution in [3.8, 4) is 5.69 Å². The highest BCUT2D eigenvalue weighted by Crippen LogP contribution is 2.11. The van der Waals surface area contributed by atoms with Crippen molar-refractivity contribution < 1.29 is 22.3 Å². The summed E-state index contributed by atoms with van der Waals surface area (Å²) < 4.78 is 34.8. The van der Waals surface area contributed by atoms with Gasteiger partial charge in [0.1, 0.15) is 11.9 Å². The molecule has 0 spiro atoms. The molecule has 1 heterocycles. The highest BCUT2D eigenvalue weighted by molar-refractivity contribution is 7.84. The minimum absolute atomic E-state index is 0.0722. The minimum Gasteiger partial charge on any atom is -0.748 e. The zero-order valence-electron chi connectivity index (χ0n) is 16.0. The Balaban J connectivity index is 0.000000203. The Kier molecular flexibility index (Phi) is 6.71. The number of Topliss-reactive ketones (excluding diaryl/α,β-unsaturated/α-hetero) is 1. The number of nitrogen functional groups attached to an aromatic ring is 1. The molecule has 0 saturated carbocycles. The Morgan fingerprint density at radius 3 is 2.11 bits per heavy atom. The maximum absolute atomic E-state index is 11.1. The van der Waals surface area contributed by atoms with Gasteiger partial charge in [-0.2, -0.15) is 0 Å². The fourth-order valence-corrected chi connectivity index (χ4v) is 3.32. The molecule has 7 nitrogen and oxygen atoms in total. The molecule has 0 fully saturated rings. The summed E-state index contributed by atoms with van der Waals surface area (Å²) in [5.74, 6) is 5.19. The van der Waals surface area contributed by atoms with Gasteiger partial charge in [0.25, 0.3) is 6.33 Å².